The minimum Gasteiger partial charge on any atom is -0.269 e. The highest BCUT2D eigenvalue weighted by atomic mass is 35.5. The van der Waals surface area contributed by atoms with E-state index in [1.807, 2.05) is 37.4 Å². The number of hydrazine groups is 1. The quantitative estimate of drug-likeness (QED) is 0.589. The van der Waals surface area contributed by atoms with Crippen molar-refractivity contribution < 1.29 is 0 Å². The van der Waals surface area contributed by atoms with Gasteiger partial charge in [-0.1, -0.05) is 48.0 Å². The highest BCUT2D eigenvalue weighted by molar-refractivity contribution is 7.22. The first-order chi connectivity index (χ1) is 9.65. The first kappa shape index (κ1) is 13.5. The zero-order valence-electron chi connectivity index (χ0n) is 11.0. The summed E-state index contributed by atoms with van der Waals surface area (Å²) >= 11 is 7.91. The van der Waals surface area contributed by atoms with Gasteiger partial charge in [-0.2, -0.15) is 0 Å². The van der Waals surface area contributed by atoms with Crippen molar-refractivity contribution in [1.29, 1.82) is 0 Å². The van der Waals surface area contributed by atoms with Crippen molar-refractivity contribution >= 4 is 33.2 Å². The van der Waals surface area contributed by atoms with Crippen molar-refractivity contribution in [3.8, 4) is 10.6 Å². The molecule has 1 heterocycles. The molecule has 0 amide bonds. The lowest BCUT2D eigenvalue weighted by molar-refractivity contribution is 0.343. The first-order valence-electron chi connectivity index (χ1n) is 6.24. The second-order valence-corrected chi connectivity index (χ2v) is 6.09. The van der Waals surface area contributed by atoms with E-state index in [4.69, 9.17) is 22.4 Å². The van der Waals surface area contributed by atoms with Gasteiger partial charge in [0.25, 0.3) is 0 Å². The van der Waals surface area contributed by atoms with Crippen LogP contribution in [0.15, 0.2) is 42.5 Å². The average molecular weight is 304 g/mol. The molecule has 0 spiro atoms. The molecule has 0 saturated heterocycles. The van der Waals surface area contributed by atoms with Crippen molar-refractivity contribution in [2.75, 3.05) is 7.05 Å². The summed E-state index contributed by atoms with van der Waals surface area (Å²) in [6.45, 7) is 0.644. The van der Waals surface area contributed by atoms with Crippen LogP contribution in [0.25, 0.3) is 20.8 Å². The molecule has 0 unspecified atom stereocenters. The molecule has 0 saturated carbocycles. The van der Waals surface area contributed by atoms with E-state index in [-0.39, 0.29) is 0 Å². The van der Waals surface area contributed by atoms with Gasteiger partial charge in [0.1, 0.15) is 5.01 Å². The number of halogens is 1. The van der Waals surface area contributed by atoms with Crippen LogP contribution in [0.1, 0.15) is 5.56 Å². The smallest absolute Gasteiger partial charge is 0.124 e. The van der Waals surface area contributed by atoms with Crippen molar-refractivity contribution in [3.63, 3.8) is 0 Å². The first-order valence-corrected chi connectivity index (χ1v) is 7.44. The Morgan fingerprint density at radius 2 is 1.95 bits per heavy atom. The molecule has 2 N–H and O–H groups in total. The van der Waals surface area contributed by atoms with Crippen LogP contribution in [0.5, 0.6) is 0 Å². The summed E-state index contributed by atoms with van der Waals surface area (Å²) in [6.07, 6.45) is 0. The standard InChI is InChI=1S/C15H14ClN3S/c1-19(17)9-11-7-8-12(16)14-13(11)18-15(20-14)10-5-3-2-4-6-10/h2-8H,9,17H2,1H3. The molecule has 0 radical (unpaired) electrons. The lowest BCUT2D eigenvalue weighted by Crippen LogP contribution is -2.25. The molecule has 3 aromatic rings. The number of fused-ring (bicyclic) bond motifs is 1. The Hall–Kier alpha value is -1.46. The number of rotatable bonds is 3. The summed E-state index contributed by atoms with van der Waals surface area (Å²) in [5.74, 6) is 5.75. The third kappa shape index (κ3) is 2.55. The lowest BCUT2D eigenvalue weighted by Gasteiger charge is -2.09. The molecule has 3 rings (SSSR count). The molecule has 0 fully saturated rings. The third-order valence-corrected chi connectivity index (χ3v) is 4.58. The van der Waals surface area contributed by atoms with E-state index in [9.17, 15) is 0 Å². The molecule has 2 aromatic carbocycles. The van der Waals surface area contributed by atoms with Gasteiger partial charge in [-0.3, -0.25) is 5.84 Å². The van der Waals surface area contributed by atoms with Crippen molar-refractivity contribution in [1.82, 2.24) is 9.99 Å². The van der Waals surface area contributed by atoms with Crippen LogP contribution in [0.3, 0.4) is 0 Å². The van der Waals surface area contributed by atoms with Crippen molar-refractivity contribution in [2.45, 2.75) is 6.54 Å². The number of hydrogen-bond donors (Lipinski definition) is 1. The van der Waals surface area contributed by atoms with Gasteiger partial charge in [0.05, 0.1) is 15.2 Å². The minimum atomic E-state index is 0.644. The summed E-state index contributed by atoms with van der Waals surface area (Å²) < 4.78 is 1.02. The Labute approximate surface area is 126 Å². The van der Waals surface area contributed by atoms with E-state index in [2.05, 4.69) is 12.1 Å². The van der Waals surface area contributed by atoms with Gasteiger partial charge in [0.2, 0.25) is 0 Å². The summed E-state index contributed by atoms with van der Waals surface area (Å²) in [4.78, 5) is 4.75. The predicted octanol–water partition coefficient (Wildman–Crippen LogP) is 3.92. The zero-order valence-corrected chi connectivity index (χ0v) is 12.6. The Bertz CT molecular complexity index is 737. The molecule has 0 aliphatic carbocycles. The summed E-state index contributed by atoms with van der Waals surface area (Å²) in [7, 11) is 1.84. The van der Waals surface area contributed by atoms with Crippen LogP contribution < -0.4 is 5.84 Å². The number of hydrogen-bond acceptors (Lipinski definition) is 4. The zero-order chi connectivity index (χ0) is 14.1. The SMILES string of the molecule is CN(N)Cc1ccc(Cl)c2sc(-c3ccccc3)nc12. The third-order valence-electron chi connectivity index (χ3n) is 3.02. The van der Waals surface area contributed by atoms with Gasteiger partial charge in [-0.15, -0.1) is 11.3 Å². The van der Waals surface area contributed by atoms with E-state index < -0.39 is 0 Å². The van der Waals surface area contributed by atoms with Gasteiger partial charge in [-0.25, -0.2) is 9.99 Å². The maximum atomic E-state index is 6.29. The Morgan fingerprint density at radius 1 is 1.20 bits per heavy atom. The van der Waals surface area contributed by atoms with E-state index >= 15 is 0 Å². The average Bonchev–Trinajstić information content (AvgIpc) is 2.89. The summed E-state index contributed by atoms with van der Waals surface area (Å²) in [5, 5.41) is 3.36. The molecule has 102 valence electrons. The highest BCUT2D eigenvalue weighted by Gasteiger charge is 2.13. The summed E-state index contributed by atoms with van der Waals surface area (Å²) in [5.41, 5.74) is 3.14. The van der Waals surface area contributed by atoms with E-state index in [1.165, 1.54) is 0 Å². The number of nitrogens with two attached hydrogens (primary N) is 1. The minimum absolute atomic E-state index is 0.644. The van der Waals surface area contributed by atoms with Crippen LogP contribution in [0.4, 0.5) is 0 Å². The molecule has 1 aromatic heterocycles. The largest absolute Gasteiger partial charge is 0.269 e. The van der Waals surface area contributed by atoms with Crippen molar-refractivity contribution in [3.05, 3.63) is 53.1 Å². The molecule has 20 heavy (non-hydrogen) atoms. The number of thiazole rings is 1. The van der Waals surface area contributed by atoms with Gasteiger partial charge < -0.3 is 0 Å². The van der Waals surface area contributed by atoms with Crippen LogP contribution in [0, 0.1) is 0 Å². The fourth-order valence-corrected chi connectivity index (χ4v) is 3.42. The normalized spacial score (nSPS) is 11.4. The van der Waals surface area contributed by atoms with Gasteiger partial charge in [-0.05, 0) is 11.6 Å². The molecule has 0 bridgehead atoms. The van der Waals surface area contributed by atoms with E-state index in [0.717, 1.165) is 31.4 Å². The second-order valence-electron chi connectivity index (χ2n) is 4.68. The molecular weight excluding hydrogens is 290 g/mol. The second kappa shape index (κ2) is 5.50. The van der Waals surface area contributed by atoms with Gasteiger partial charge >= 0.3 is 0 Å². The fourth-order valence-electron chi connectivity index (χ4n) is 2.13. The number of aromatic nitrogens is 1. The van der Waals surface area contributed by atoms with E-state index in [0.29, 0.717) is 6.54 Å². The van der Waals surface area contributed by atoms with Crippen LogP contribution in [-0.2, 0) is 6.54 Å². The van der Waals surface area contributed by atoms with Gasteiger partial charge in [0.15, 0.2) is 0 Å². The molecule has 0 aliphatic rings. The number of benzene rings is 2. The van der Waals surface area contributed by atoms with Gasteiger partial charge in [0, 0.05) is 19.2 Å². The Morgan fingerprint density at radius 3 is 2.65 bits per heavy atom. The Kier molecular flexibility index (Phi) is 3.72. The molecule has 5 heteroatoms. The Balaban J connectivity index is 2.17. The predicted molar refractivity (Wildman–Crippen MR) is 85.7 cm³/mol. The van der Waals surface area contributed by atoms with Crippen LogP contribution >= 0.6 is 22.9 Å². The summed E-state index contributed by atoms with van der Waals surface area (Å²) in [6, 6.07) is 14.0. The maximum absolute atomic E-state index is 6.29. The lowest BCUT2D eigenvalue weighted by atomic mass is 10.2. The molecule has 3 nitrogen and oxygen atoms in total. The van der Waals surface area contributed by atoms with Crippen LogP contribution in [0.2, 0.25) is 5.02 Å². The highest BCUT2D eigenvalue weighted by Crippen LogP contribution is 2.36. The molecule has 0 atom stereocenters. The monoisotopic (exact) mass is 303 g/mol. The molecule has 0 aliphatic heterocycles. The van der Waals surface area contributed by atoms with E-state index in [1.54, 1.807) is 16.3 Å². The maximum Gasteiger partial charge on any atom is 0.124 e. The number of nitrogens with zero attached hydrogens (tertiary/aromatic N) is 2. The topological polar surface area (TPSA) is 42.1 Å². The molecular formula is C15H14ClN3S. The fraction of sp³-hybridized carbons (Fsp3) is 0.133. The van der Waals surface area contributed by atoms with Crippen molar-refractivity contribution in [2.24, 2.45) is 5.84 Å². The van der Waals surface area contributed by atoms with Crippen LogP contribution in [-0.4, -0.2) is 17.0 Å².